The molecule has 5 aromatic rings. The largest absolute Gasteiger partial charge is 0.512 e. The third-order valence-electron chi connectivity index (χ3n) is 8.21. The van der Waals surface area contributed by atoms with E-state index >= 15 is 0 Å². The number of thiophene rings is 1. The predicted molar refractivity (Wildman–Crippen MR) is 185 cm³/mol. The Morgan fingerprint density at radius 1 is 0.911 bits per heavy atom. The van der Waals surface area contributed by atoms with Crippen molar-refractivity contribution in [3.8, 4) is 22.5 Å². The van der Waals surface area contributed by atoms with Crippen LogP contribution in [-0.4, -0.2) is 25.8 Å². The molecule has 3 aromatic heterocycles. The van der Waals surface area contributed by atoms with E-state index in [9.17, 15) is 9.90 Å². The first kappa shape index (κ1) is 36.2. The average molecular weight is 799 g/mol. The van der Waals surface area contributed by atoms with Gasteiger partial charge in [-0.05, 0) is 54.7 Å². The SMILES string of the molecule is CC(C)(C)c1cc(-c2cc(-c3cnc4ccsc4c3)ncn2)[c-]c2ccccc12.CCC(CC)C(=O)/C=C(\O)C(CC)CC.[Ir]. The van der Waals surface area contributed by atoms with Crippen molar-refractivity contribution in [1.82, 2.24) is 15.0 Å². The standard InChI is InChI=1S/C25H20N3S.C13H24O2.Ir/c1-25(2,3)20-11-17(10-16-6-4-5-7-19(16)20)22-13-23(28-15-27-22)18-12-24-21(26-14-18)8-9-29-24;1-5-10(6-2)12(14)9-13(15)11(7-3)8-4;/h4-9,11-15H,1-3H3;9-11,14H,5-8H2,1-4H3;/q-1;;/b;12-9-;. The van der Waals surface area contributed by atoms with E-state index in [1.54, 1.807) is 17.7 Å². The summed E-state index contributed by atoms with van der Waals surface area (Å²) in [5, 5.41) is 14.2. The molecule has 2 aromatic carbocycles. The maximum atomic E-state index is 11.7. The Kier molecular flexibility index (Phi) is 13.2. The topological polar surface area (TPSA) is 76.0 Å². The second-order valence-corrected chi connectivity index (χ2v) is 13.2. The summed E-state index contributed by atoms with van der Waals surface area (Å²) in [5.74, 6) is 0.547. The fourth-order valence-corrected chi connectivity index (χ4v) is 6.20. The maximum Gasteiger partial charge on any atom is 0.162 e. The van der Waals surface area contributed by atoms with Crippen molar-refractivity contribution < 1.29 is 30.0 Å². The van der Waals surface area contributed by atoms with Crippen molar-refractivity contribution in [2.75, 3.05) is 0 Å². The summed E-state index contributed by atoms with van der Waals surface area (Å²) in [5.41, 5.74) is 6.07. The molecule has 0 spiro atoms. The van der Waals surface area contributed by atoms with E-state index in [-0.39, 0.29) is 48.9 Å². The molecule has 3 heterocycles. The second kappa shape index (κ2) is 16.4. The van der Waals surface area contributed by atoms with Crippen LogP contribution in [0, 0.1) is 17.9 Å². The molecule has 0 aliphatic heterocycles. The van der Waals surface area contributed by atoms with Gasteiger partial charge in [0.25, 0.3) is 0 Å². The van der Waals surface area contributed by atoms with Crippen molar-refractivity contribution in [1.29, 1.82) is 0 Å². The number of fused-ring (bicyclic) bond motifs is 2. The zero-order chi connectivity index (χ0) is 31.9. The number of aliphatic hydroxyl groups is 1. The zero-order valence-electron chi connectivity index (χ0n) is 27.4. The van der Waals surface area contributed by atoms with Gasteiger partial charge >= 0.3 is 0 Å². The van der Waals surface area contributed by atoms with Gasteiger partial charge in [0.15, 0.2) is 5.78 Å². The van der Waals surface area contributed by atoms with Crippen LogP contribution in [0.4, 0.5) is 0 Å². The van der Waals surface area contributed by atoms with Crippen LogP contribution in [-0.2, 0) is 30.3 Å². The van der Waals surface area contributed by atoms with Crippen molar-refractivity contribution in [3.05, 3.63) is 89.9 Å². The monoisotopic (exact) mass is 799 g/mol. The number of allylic oxidation sites excluding steroid dienone is 2. The molecule has 0 atom stereocenters. The Bertz CT molecular complexity index is 1750. The number of ketones is 1. The molecule has 1 N–H and O–H groups in total. The number of carbonyl (C=O) groups is 1. The smallest absolute Gasteiger partial charge is 0.162 e. The molecule has 0 unspecified atom stereocenters. The number of carbonyl (C=O) groups excluding carboxylic acids is 1. The van der Waals surface area contributed by atoms with E-state index in [1.165, 1.54) is 17.0 Å². The molecule has 45 heavy (non-hydrogen) atoms. The normalized spacial score (nSPS) is 11.9. The summed E-state index contributed by atoms with van der Waals surface area (Å²) < 4.78 is 1.16. The fraction of sp³-hybridized carbons (Fsp3) is 0.368. The van der Waals surface area contributed by atoms with E-state index in [0.29, 0.717) is 0 Å². The minimum Gasteiger partial charge on any atom is -0.512 e. The van der Waals surface area contributed by atoms with Gasteiger partial charge in [-0.25, -0.2) is 4.98 Å². The van der Waals surface area contributed by atoms with Crippen molar-refractivity contribution in [3.63, 3.8) is 0 Å². The molecule has 1 radical (unpaired) electrons. The van der Waals surface area contributed by atoms with Crippen molar-refractivity contribution in [2.24, 2.45) is 11.8 Å². The van der Waals surface area contributed by atoms with Gasteiger partial charge in [-0.2, -0.15) is 0 Å². The van der Waals surface area contributed by atoms with Gasteiger partial charge in [0.1, 0.15) is 6.33 Å². The Balaban J connectivity index is 0.000000297. The van der Waals surface area contributed by atoms with Crippen LogP contribution < -0.4 is 0 Å². The molecule has 0 aliphatic rings. The Morgan fingerprint density at radius 2 is 1.58 bits per heavy atom. The van der Waals surface area contributed by atoms with E-state index in [4.69, 9.17) is 0 Å². The summed E-state index contributed by atoms with van der Waals surface area (Å²) in [4.78, 5) is 25.3. The van der Waals surface area contributed by atoms with Crippen LogP contribution in [0.3, 0.4) is 0 Å². The van der Waals surface area contributed by atoms with E-state index in [0.717, 1.165) is 63.8 Å². The first-order chi connectivity index (χ1) is 21.1. The summed E-state index contributed by atoms with van der Waals surface area (Å²) in [6.07, 6.45) is 8.42. The minimum atomic E-state index is 0. The Labute approximate surface area is 285 Å². The first-order valence-electron chi connectivity index (χ1n) is 15.6. The molecule has 0 saturated heterocycles. The summed E-state index contributed by atoms with van der Waals surface area (Å²) in [7, 11) is 0. The number of hydrogen-bond donors (Lipinski definition) is 1. The van der Waals surface area contributed by atoms with Crippen molar-refractivity contribution >= 4 is 38.1 Å². The van der Waals surface area contributed by atoms with Crippen LogP contribution in [0.5, 0.6) is 0 Å². The van der Waals surface area contributed by atoms with Gasteiger partial charge in [0, 0.05) is 55.5 Å². The molecule has 0 aliphatic carbocycles. The third kappa shape index (κ3) is 8.94. The molecular weight excluding hydrogens is 755 g/mol. The second-order valence-electron chi connectivity index (χ2n) is 12.2. The van der Waals surface area contributed by atoms with Gasteiger partial charge in [0.2, 0.25) is 0 Å². The molecule has 5 rings (SSSR count). The van der Waals surface area contributed by atoms with Crippen LogP contribution in [0.2, 0.25) is 0 Å². The first-order valence-corrected chi connectivity index (χ1v) is 16.5. The molecule has 5 nitrogen and oxygen atoms in total. The molecule has 0 bridgehead atoms. The number of pyridine rings is 1. The average Bonchev–Trinajstić information content (AvgIpc) is 3.50. The van der Waals surface area contributed by atoms with E-state index < -0.39 is 0 Å². The number of benzene rings is 2. The number of rotatable bonds is 9. The van der Waals surface area contributed by atoms with Crippen LogP contribution >= 0.6 is 11.3 Å². The van der Waals surface area contributed by atoms with Gasteiger partial charge in [-0.15, -0.1) is 40.5 Å². The Hall–Kier alpha value is -3.25. The number of nitrogens with zero attached hydrogens (tertiary/aromatic N) is 3. The van der Waals surface area contributed by atoms with Gasteiger partial charge in [0.05, 0.1) is 21.7 Å². The van der Waals surface area contributed by atoms with Gasteiger partial charge in [-0.3, -0.25) is 14.8 Å². The quantitative estimate of drug-likeness (QED) is 0.0913. The van der Waals surface area contributed by atoms with Crippen LogP contribution in [0.15, 0.2) is 78.3 Å². The summed E-state index contributed by atoms with van der Waals surface area (Å²) in [6.45, 7) is 14.8. The fourth-order valence-electron chi connectivity index (χ4n) is 5.42. The molecule has 239 valence electrons. The molecule has 0 amide bonds. The van der Waals surface area contributed by atoms with E-state index in [2.05, 4.69) is 83.6 Å². The van der Waals surface area contributed by atoms with Crippen LogP contribution in [0.1, 0.15) is 79.7 Å². The minimum absolute atomic E-state index is 0. The van der Waals surface area contributed by atoms with Gasteiger partial charge < -0.3 is 5.11 Å². The molecule has 0 fully saturated rings. The summed E-state index contributed by atoms with van der Waals surface area (Å²) >= 11 is 1.69. The zero-order valence-corrected chi connectivity index (χ0v) is 30.6. The molecule has 0 saturated carbocycles. The number of aliphatic hydroxyl groups excluding tert-OH is 1. The Morgan fingerprint density at radius 3 is 2.24 bits per heavy atom. The summed E-state index contributed by atoms with van der Waals surface area (Å²) in [6, 6.07) is 20.4. The third-order valence-corrected chi connectivity index (χ3v) is 9.06. The maximum absolute atomic E-state index is 11.7. The predicted octanol–water partition coefficient (Wildman–Crippen LogP) is 10.5. The number of aromatic nitrogens is 3. The molecular formula is C38H44IrN3O2S-. The van der Waals surface area contributed by atoms with E-state index in [1.807, 2.05) is 46.0 Å². The van der Waals surface area contributed by atoms with Crippen LogP contribution in [0.25, 0.3) is 43.5 Å². The molecule has 7 heteroatoms. The number of hydrogen-bond acceptors (Lipinski definition) is 6. The van der Waals surface area contributed by atoms with Crippen molar-refractivity contribution in [2.45, 2.75) is 79.6 Å². The van der Waals surface area contributed by atoms with Gasteiger partial charge in [-0.1, -0.05) is 77.6 Å².